The van der Waals surface area contributed by atoms with Gasteiger partial charge in [0.05, 0.1) is 6.04 Å². The Labute approximate surface area is 130 Å². The van der Waals surface area contributed by atoms with Crippen LogP contribution in [0.25, 0.3) is 0 Å². The van der Waals surface area contributed by atoms with Crippen LogP contribution < -0.4 is 11.1 Å². The highest BCUT2D eigenvalue weighted by atomic mass is 79.9. The van der Waals surface area contributed by atoms with Gasteiger partial charge in [-0.2, -0.15) is 0 Å². The van der Waals surface area contributed by atoms with Gasteiger partial charge in [-0.3, -0.25) is 4.79 Å². The Hall–Kier alpha value is -0.870. The van der Waals surface area contributed by atoms with Crippen molar-refractivity contribution < 1.29 is 4.79 Å². The van der Waals surface area contributed by atoms with Crippen molar-refractivity contribution in [2.24, 2.45) is 17.6 Å². The van der Waals surface area contributed by atoms with Gasteiger partial charge in [-0.25, -0.2) is 0 Å². The van der Waals surface area contributed by atoms with Crippen LogP contribution in [-0.2, 0) is 4.79 Å². The van der Waals surface area contributed by atoms with Gasteiger partial charge in [-0.15, -0.1) is 0 Å². The maximum atomic E-state index is 12.1. The van der Waals surface area contributed by atoms with Crippen LogP contribution >= 0.6 is 15.9 Å². The van der Waals surface area contributed by atoms with Crippen molar-refractivity contribution in [2.75, 3.05) is 6.54 Å². The van der Waals surface area contributed by atoms with Crippen molar-refractivity contribution in [2.45, 2.75) is 39.7 Å². The molecule has 1 unspecified atom stereocenters. The van der Waals surface area contributed by atoms with Gasteiger partial charge in [-0.05, 0) is 49.4 Å². The Morgan fingerprint density at radius 3 is 2.35 bits per heavy atom. The summed E-state index contributed by atoms with van der Waals surface area (Å²) >= 11 is 3.41. The molecule has 0 aromatic heterocycles. The average Bonchev–Trinajstić information content (AvgIpc) is 2.37. The molecular weight excluding hydrogens is 316 g/mol. The number of halogens is 1. The lowest BCUT2D eigenvalue weighted by Crippen LogP contribution is -2.30. The lowest BCUT2D eigenvalue weighted by Gasteiger charge is -2.19. The van der Waals surface area contributed by atoms with Gasteiger partial charge >= 0.3 is 0 Å². The van der Waals surface area contributed by atoms with E-state index in [0.717, 1.165) is 16.5 Å². The van der Waals surface area contributed by atoms with Crippen LogP contribution in [0.1, 0.15) is 45.2 Å². The van der Waals surface area contributed by atoms with Gasteiger partial charge in [0.2, 0.25) is 5.91 Å². The third-order valence-corrected chi connectivity index (χ3v) is 3.89. The Morgan fingerprint density at radius 2 is 1.85 bits per heavy atom. The third kappa shape index (κ3) is 6.06. The summed E-state index contributed by atoms with van der Waals surface area (Å²) in [6, 6.07) is 8.03. The second-order valence-corrected chi connectivity index (χ2v) is 6.69. The number of amides is 1. The number of hydrogen-bond donors (Lipinski definition) is 2. The highest BCUT2D eigenvalue weighted by Crippen LogP contribution is 2.18. The SMILES string of the molecule is CC(C)CC(CN)CC(=O)N[C@H](C)c1ccc(Br)cc1. The van der Waals surface area contributed by atoms with Gasteiger partial charge in [0, 0.05) is 10.9 Å². The molecule has 1 aromatic rings. The maximum absolute atomic E-state index is 12.1. The van der Waals surface area contributed by atoms with Crippen molar-refractivity contribution in [1.82, 2.24) is 5.32 Å². The lowest BCUT2D eigenvalue weighted by atomic mass is 9.94. The minimum atomic E-state index is 0.0214. The van der Waals surface area contributed by atoms with Crippen molar-refractivity contribution in [1.29, 1.82) is 0 Å². The van der Waals surface area contributed by atoms with Gasteiger partial charge in [0.25, 0.3) is 0 Å². The highest BCUT2D eigenvalue weighted by molar-refractivity contribution is 9.10. The number of carbonyl (C=O) groups is 1. The first kappa shape index (κ1) is 17.2. The van der Waals surface area contributed by atoms with Gasteiger partial charge < -0.3 is 11.1 Å². The first-order valence-electron chi connectivity index (χ1n) is 7.17. The minimum Gasteiger partial charge on any atom is -0.350 e. The number of rotatable bonds is 7. The van der Waals surface area contributed by atoms with Crippen LogP contribution in [0, 0.1) is 11.8 Å². The first-order chi connectivity index (χ1) is 9.42. The zero-order valence-corrected chi connectivity index (χ0v) is 14.1. The third-order valence-electron chi connectivity index (χ3n) is 3.36. The van der Waals surface area contributed by atoms with E-state index in [1.54, 1.807) is 0 Å². The van der Waals surface area contributed by atoms with Crippen LogP contribution in [0.15, 0.2) is 28.7 Å². The molecule has 0 aliphatic carbocycles. The summed E-state index contributed by atoms with van der Waals surface area (Å²) in [7, 11) is 0. The second-order valence-electron chi connectivity index (χ2n) is 5.78. The molecule has 20 heavy (non-hydrogen) atoms. The Balaban J connectivity index is 2.50. The van der Waals surface area contributed by atoms with Crippen molar-refractivity contribution >= 4 is 21.8 Å². The molecule has 0 aliphatic heterocycles. The molecule has 1 amide bonds. The van der Waals surface area contributed by atoms with E-state index in [-0.39, 0.29) is 17.9 Å². The fraction of sp³-hybridized carbons (Fsp3) is 0.562. The Kier molecular flexibility index (Phi) is 7.24. The van der Waals surface area contributed by atoms with Crippen LogP contribution in [0.3, 0.4) is 0 Å². The van der Waals surface area contributed by atoms with Crippen molar-refractivity contribution in [3.8, 4) is 0 Å². The summed E-state index contributed by atoms with van der Waals surface area (Å²) in [6.07, 6.45) is 1.51. The van der Waals surface area contributed by atoms with Gasteiger partial charge in [0.1, 0.15) is 0 Å². The fourth-order valence-electron chi connectivity index (χ4n) is 2.33. The molecule has 0 spiro atoms. The molecule has 0 aliphatic rings. The molecular formula is C16H25BrN2O. The van der Waals surface area contributed by atoms with E-state index >= 15 is 0 Å². The second kappa shape index (κ2) is 8.42. The molecule has 4 heteroatoms. The molecule has 0 saturated heterocycles. The summed E-state index contributed by atoms with van der Waals surface area (Å²) in [6.45, 7) is 6.88. The van der Waals surface area contributed by atoms with Crippen LogP contribution in [-0.4, -0.2) is 12.5 Å². The molecule has 3 N–H and O–H groups in total. The van der Waals surface area contributed by atoms with Gasteiger partial charge in [0.15, 0.2) is 0 Å². The summed E-state index contributed by atoms with van der Waals surface area (Å²) in [5, 5.41) is 3.04. The first-order valence-corrected chi connectivity index (χ1v) is 7.96. The fourth-order valence-corrected chi connectivity index (χ4v) is 2.59. The number of carbonyl (C=O) groups excluding carboxylic acids is 1. The monoisotopic (exact) mass is 340 g/mol. The smallest absolute Gasteiger partial charge is 0.220 e. The van der Waals surface area contributed by atoms with Crippen molar-refractivity contribution in [3.63, 3.8) is 0 Å². The molecule has 0 heterocycles. The van der Waals surface area contributed by atoms with E-state index in [9.17, 15) is 4.79 Å². The number of hydrogen-bond acceptors (Lipinski definition) is 2. The topological polar surface area (TPSA) is 55.1 Å². The molecule has 2 atom stereocenters. The quantitative estimate of drug-likeness (QED) is 0.796. The Bertz CT molecular complexity index is 417. The molecule has 1 rings (SSSR count). The normalized spacial score (nSPS) is 14.1. The van der Waals surface area contributed by atoms with Gasteiger partial charge in [-0.1, -0.05) is 41.9 Å². The minimum absolute atomic E-state index is 0.0214. The van der Waals surface area contributed by atoms with E-state index in [1.165, 1.54) is 0 Å². The molecule has 0 saturated carbocycles. The standard InChI is InChI=1S/C16H25BrN2O/c1-11(2)8-13(10-18)9-16(20)19-12(3)14-4-6-15(17)7-5-14/h4-7,11-13H,8-10,18H2,1-3H3,(H,19,20)/t12-,13?/m1/s1. The summed E-state index contributed by atoms with van der Waals surface area (Å²) in [5.74, 6) is 0.920. The van der Waals surface area contributed by atoms with E-state index in [2.05, 4.69) is 35.1 Å². The molecule has 0 fully saturated rings. The number of benzene rings is 1. The molecule has 112 valence electrons. The zero-order chi connectivity index (χ0) is 15.1. The molecule has 0 bridgehead atoms. The largest absolute Gasteiger partial charge is 0.350 e. The molecule has 3 nitrogen and oxygen atoms in total. The Morgan fingerprint density at radius 1 is 1.25 bits per heavy atom. The van der Waals surface area contributed by atoms with E-state index in [0.29, 0.717) is 18.9 Å². The predicted molar refractivity (Wildman–Crippen MR) is 87.3 cm³/mol. The summed E-state index contributed by atoms with van der Waals surface area (Å²) < 4.78 is 1.04. The lowest BCUT2D eigenvalue weighted by molar-refractivity contribution is -0.122. The molecule has 0 radical (unpaired) electrons. The highest BCUT2D eigenvalue weighted by Gasteiger charge is 2.16. The summed E-state index contributed by atoms with van der Waals surface area (Å²) in [5.41, 5.74) is 6.85. The predicted octanol–water partition coefficient (Wildman–Crippen LogP) is 3.64. The average molecular weight is 341 g/mol. The van der Waals surface area contributed by atoms with Crippen molar-refractivity contribution in [3.05, 3.63) is 34.3 Å². The maximum Gasteiger partial charge on any atom is 0.220 e. The number of nitrogens with two attached hydrogens (primary N) is 1. The summed E-state index contributed by atoms with van der Waals surface area (Å²) in [4.78, 5) is 12.1. The van der Waals surface area contributed by atoms with Crippen LogP contribution in [0.2, 0.25) is 0 Å². The van der Waals surface area contributed by atoms with E-state index in [4.69, 9.17) is 5.73 Å². The molecule has 1 aromatic carbocycles. The van der Waals surface area contributed by atoms with Crippen LogP contribution in [0.5, 0.6) is 0 Å². The number of nitrogens with one attached hydrogen (secondary N) is 1. The van der Waals surface area contributed by atoms with E-state index in [1.807, 2.05) is 31.2 Å². The van der Waals surface area contributed by atoms with E-state index < -0.39 is 0 Å². The van der Waals surface area contributed by atoms with Crippen LogP contribution in [0.4, 0.5) is 0 Å². The zero-order valence-electron chi connectivity index (χ0n) is 12.5.